The summed E-state index contributed by atoms with van der Waals surface area (Å²) >= 11 is 0. The summed E-state index contributed by atoms with van der Waals surface area (Å²) < 4.78 is 59.9. The van der Waals surface area contributed by atoms with E-state index in [1.807, 2.05) is 0 Å². The molecule has 2 rings (SSSR count). The number of amides is 1. The number of rotatable bonds is 3. The third kappa shape index (κ3) is 4.77. The molecule has 0 aliphatic rings. The van der Waals surface area contributed by atoms with E-state index in [2.05, 4.69) is 4.98 Å². The summed E-state index contributed by atoms with van der Waals surface area (Å²) in [7, 11) is 1.37. The topological polar surface area (TPSA) is 45.3 Å². The standard InChI is InChI=1S/C18H20F4N2O2/c1-17(2,3)26-16(25)24(4)10-11-8-12(18(20,21)22)15(13(19)9-11)14-6-5-7-23-14/h5-9,23H,10H2,1-4H3. The summed E-state index contributed by atoms with van der Waals surface area (Å²) in [6.07, 6.45) is -4.04. The van der Waals surface area contributed by atoms with Crippen LogP contribution in [0.2, 0.25) is 0 Å². The highest BCUT2D eigenvalue weighted by Crippen LogP contribution is 2.39. The number of hydrogen-bond acceptors (Lipinski definition) is 2. The number of nitrogens with one attached hydrogen (secondary N) is 1. The van der Waals surface area contributed by atoms with Crippen LogP contribution in [-0.2, 0) is 17.5 Å². The molecule has 0 bridgehead atoms. The number of alkyl halides is 3. The van der Waals surface area contributed by atoms with E-state index in [-0.39, 0.29) is 17.8 Å². The molecule has 0 saturated carbocycles. The molecular formula is C18H20F4N2O2. The van der Waals surface area contributed by atoms with Gasteiger partial charge in [-0.05, 0) is 50.6 Å². The van der Waals surface area contributed by atoms with Crippen LogP contribution < -0.4 is 0 Å². The SMILES string of the molecule is CN(Cc1cc(F)c(-c2ccc[nH]2)c(C(F)(F)F)c1)C(=O)OC(C)(C)C. The first-order valence-electron chi connectivity index (χ1n) is 7.86. The van der Waals surface area contributed by atoms with Crippen LogP contribution in [0, 0.1) is 5.82 Å². The number of aromatic nitrogens is 1. The zero-order valence-electron chi connectivity index (χ0n) is 14.9. The monoisotopic (exact) mass is 372 g/mol. The van der Waals surface area contributed by atoms with Gasteiger partial charge in [-0.25, -0.2) is 9.18 Å². The molecular weight excluding hydrogens is 352 g/mol. The Morgan fingerprint density at radius 1 is 1.23 bits per heavy atom. The first-order valence-corrected chi connectivity index (χ1v) is 7.86. The second-order valence-corrected chi connectivity index (χ2v) is 6.92. The smallest absolute Gasteiger partial charge is 0.417 e. The second kappa shape index (κ2) is 7.01. The summed E-state index contributed by atoms with van der Waals surface area (Å²) in [6.45, 7) is 4.79. The van der Waals surface area contributed by atoms with Gasteiger partial charge >= 0.3 is 12.3 Å². The van der Waals surface area contributed by atoms with E-state index in [9.17, 15) is 22.4 Å². The molecule has 2 aromatic rings. The van der Waals surface area contributed by atoms with Crippen molar-refractivity contribution in [3.05, 3.63) is 47.4 Å². The molecule has 26 heavy (non-hydrogen) atoms. The molecule has 0 radical (unpaired) electrons. The number of H-pyrrole nitrogens is 1. The van der Waals surface area contributed by atoms with Gasteiger partial charge in [-0.2, -0.15) is 13.2 Å². The molecule has 0 fully saturated rings. The summed E-state index contributed by atoms with van der Waals surface area (Å²) in [5.74, 6) is -1.02. The number of carbonyl (C=O) groups is 1. The fourth-order valence-corrected chi connectivity index (χ4v) is 2.42. The number of hydrogen-bond donors (Lipinski definition) is 1. The molecule has 0 aliphatic heterocycles. The van der Waals surface area contributed by atoms with Gasteiger partial charge in [-0.3, -0.25) is 0 Å². The van der Waals surface area contributed by atoms with Gasteiger partial charge in [0.25, 0.3) is 0 Å². The number of benzene rings is 1. The molecule has 0 atom stereocenters. The second-order valence-electron chi connectivity index (χ2n) is 6.92. The van der Waals surface area contributed by atoms with Crippen LogP contribution in [-0.4, -0.2) is 28.6 Å². The van der Waals surface area contributed by atoms with Crippen molar-refractivity contribution in [2.24, 2.45) is 0 Å². The lowest BCUT2D eigenvalue weighted by molar-refractivity contribution is -0.137. The van der Waals surface area contributed by atoms with Crippen molar-refractivity contribution in [1.29, 1.82) is 0 Å². The molecule has 1 amide bonds. The summed E-state index contributed by atoms with van der Waals surface area (Å²) in [5, 5.41) is 0. The third-order valence-corrected chi connectivity index (χ3v) is 3.45. The zero-order chi connectivity index (χ0) is 19.7. The zero-order valence-corrected chi connectivity index (χ0v) is 14.9. The highest BCUT2D eigenvalue weighted by molar-refractivity contribution is 5.69. The lowest BCUT2D eigenvalue weighted by atomic mass is 10.00. The molecule has 1 aromatic carbocycles. The molecule has 0 spiro atoms. The van der Waals surface area contributed by atoms with Gasteiger partial charge in [-0.15, -0.1) is 0 Å². The summed E-state index contributed by atoms with van der Waals surface area (Å²) in [6, 6.07) is 4.69. The van der Waals surface area contributed by atoms with Crippen molar-refractivity contribution in [3.63, 3.8) is 0 Å². The average molecular weight is 372 g/mol. The van der Waals surface area contributed by atoms with Crippen molar-refractivity contribution in [2.45, 2.75) is 39.1 Å². The quantitative estimate of drug-likeness (QED) is 0.752. The maximum atomic E-state index is 14.5. The van der Waals surface area contributed by atoms with E-state index in [0.29, 0.717) is 0 Å². The molecule has 0 unspecified atom stereocenters. The van der Waals surface area contributed by atoms with Crippen LogP contribution in [0.25, 0.3) is 11.3 Å². The molecule has 8 heteroatoms. The van der Waals surface area contributed by atoms with E-state index >= 15 is 0 Å². The first-order chi connectivity index (χ1) is 11.9. The minimum Gasteiger partial charge on any atom is -0.444 e. The summed E-state index contributed by atoms with van der Waals surface area (Å²) in [5.41, 5.74) is -2.36. The van der Waals surface area contributed by atoms with Crippen LogP contribution in [0.3, 0.4) is 0 Å². The molecule has 1 heterocycles. The molecule has 0 aliphatic carbocycles. The van der Waals surface area contributed by atoms with Gasteiger partial charge in [0.1, 0.15) is 11.4 Å². The van der Waals surface area contributed by atoms with Crippen LogP contribution in [0.15, 0.2) is 30.5 Å². The fourth-order valence-electron chi connectivity index (χ4n) is 2.42. The van der Waals surface area contributed by atoms with E-state index in [1.54, 1.807) is 20.8 Å². The lowest BCUT2D eigenvalue weighted by Gasteiger charge is -2.25. The Hall–Kier alpha value is -2.51. The molecule has 0 saturated heterocycles. The molecule has 142 valence electrons. The van der Waals surface area contributed by atoms with Crippen LogP contribution in [0.5, 0.6) is 0 Å². The maximum Gasteiger partial charge on any atom is 0.417 e. The highest BCUT2D eigenvalue weighted by Gasteiger charge is 2.36. The number of aromatic amines is 1. The number of nitrogens with zero attached hydrogens (tertiary/aromatic N) is 1. The Morgan fingerprint density at radius 3 is 2.38 bits per heavy atom. The van der Waals surface area contributed by atoms with Gasteiger partial charge in [0.15, 0.2) is 0 Å². The van der Waals surface area contributed by atoms with Crippen LogP contribution in [0.1, 0.15) is 31.9 Å². The Bertz CT molecular complexity index is 778. The third-order valence-electron chi connectivity index (χ3n) is 3.45. The Morgan fingerprint density at radius 2 is 1.88 bits per heavy atom. The van der Waals surface area contributed by atoms with Crippen LogP contribution in [0.4, 0.5) is 22.4 Å². The van der Waals surface area contributed by atoms with E-state index in [0.717, 1.165) is 17.0 Å². The minimum absolute atomic E-state index is 0.0125. The highest BCUT2D eigenvalue weighted by atomic mass is 19.4. The Kier molecular flexibility index (Phi) is 5.34. The van der Waals surface area contributed by atoms with Gasteiger partial charge in [0.05, 0.1) is 5.56 Å². The van der Waals surface area contributed by atoms with Gasteiger partial charge in [-0.1, -0.05) is 0 Å². The molecule has 1 aromatic heterocycles. The van der Waals surface area contributed by atoms with Crippen molar-refractivity contribution >= 4 is 6.09 Å². The van der Waals surface area contributed by atoms with Gasteiger partial charge in [0.2, 0.25) is 0 Å². The average Bonchev–Trinajstić information content (AvgIpc) is 2.97. The minimum atomic E-state index is -4.75. The van der Waals surface area contributed by atoms with E-state index in [1.165, 1.54) is 25.4 Å². The Labute approximate surface area is 148 Å². The van der Waals surface area contributed by atoms with Crippen molar-refractivity contribution in [3.8, 4) is 11.3 Å². The fraction of sp³-hybridized carbons (Fsp3) is 0.389. The van der Waals surface area contributed by atoms with Crippen LogP contribution >= 0.6 is 0 Å². The predicted molar refractivity (Wildman–Crippen MR) is 88.9 cm³/mol. The first kappa shape index (κ1) is 19.8. The van der Waals surface area contributed by atoms with Crippen molar-refractivity contribution in [2.75, 3.05) is 7.05 Å². The number of carbonyl (C=O) groups excluding carboxylic acids is 1. The normalized spacial score (nSPS) is 12.2. The van der Waals surface area contributed by atoms with E-state index < -0.39 is 34.8 Å². The predicted octanol–water partition coefficient (Wildman–Crippen LogP) is 5.21. The van der Waals surface area contributed by atoms with E-state index in [4.69, 9.17) is 4.74 Å². The lowest BCUT2D eigenvalue weighted by Crippen LogP contribution is -2.33. The van der Waals surface area contributed by atoms with Crippen molar-refractivity contribution in [1.82, 2.24) is 9.88 Å². The summed E-state index contributed by atoms with van der Waals surface area (Å²) in [4.78, 5) is 15.6. The molecule has 4 nitrogen and oxygen atoms in total. The van der Waals surface area contributed by atoms with Crippen molar-refractivity contribution < 1.29 is 27.1 Å². The largest absolute Gasteiger partial charge is 0.444 e. The Balaban J connectivity index is 2.37. The maximum absolute atomic E-state index is 14.5. The number of halogens is 4. The number of ether oxygens (including phenoxy) is 1. The molecule has 1 N–H and O–H groups in total. The van der Waals surface area contributed by atoms with Gasteiger partial charge in [0, 0.05) is 31.0 Å². The van der Waals surface area contributed by atoms with Gasteiger partial charge < -0.3 is 14.6 Å².